The SMILES string of the molecule is Cc1ccccc1O.c1ccc2c(c1)C2. The first kappa shape index (κ1) is 9.78. The predicted molar refractivity (Wildman–Crippen MR) is 62.1 cm³/mol. The smallest absolute Gasteiger partial charge is 0.118 e. The number of hydrogen-bond donors (Lipinski definition) is 1. The molecule has 0 atom stereocenters. The van der Waals surface area contributed by atoms with Crippen LogP contribution in [0.15, 0.2) is 48.5 Å². The van der Waals surface area contributed by atoms with E-state index < -0.39 is 0 Å². The minimum atomic E-state index is 0.368. The molecule has 2 aromatic carbocycles. The van der Waals surface area contributed by atoms with Crippen LogP contribution in [0.1, 0.15) is 16.7 Å². The first-order valence-corrected chi connectivity index (χ1v) is 5.09. The van der Waals surface area contributed by atoms with Crippen molar-refractivity contribution in [1.82, 2.24) is 0 Å². The zero-order valence-electron chi connectivity index (χ0n) is 8.77. The van der Waals surface area contributed by atoms with Crippen molar-refractivity contribution < 1.29 is 5.11 Å². The molecule has 0 saturated carbocycles. The molecule has 76 valence electrons. The molecule has 0 unspecified atom stereocenters. The van der Waals surface area contributed by atoms with Crippen molar-refractivity contribution in [3.63, 3.8) is 0 Å². The molecule has 3 rings (SSSR count). The van der Waals surface area contributed by atoms with Crippen molar-refractivity contribution in [2.45, 2.75) is 13.3 Å². The van der Waals surface area contributed by atoms with Gasteiger partial charge in [0.15, 0.2) is 0 Å². The Morgan fingerprint density at radius 2 is 1.40 bits per heavy atom. The molecule has 0 fully saturated rings. The van der Waals surface area contributed by atoms with E-state index in [0.717, 1.165) is 5.56 Å². The van der Waals surface area contributed by atoms with Crippen molar-refractivity contribution in [2.75, 3.05) is 0 Å². The molecule has 0 radical (unpaired) electrons. The second-order valence-electron chi connectivity index (χ2n) is 3.73. The molecule has 2 aromatic rings. The first-order chi connectivity index (χ1) is 7.27. The maximum Gasteiger partial charge on any atom is 0.118 e. The van der Waals surface area contributed by atoms with E-state index in [1.54, 1.807) is 6.07 Å². The van der Waals surface area contributed by atoms with Crippen LogP contribution in [0.2, 0.25) is 0 Å². The summed E-state index contributed by atoms with van der Waals surface area (Å²) in [5, 5.41) is 8.92. The summed E-state index contributed by atoms with van der Waals surface area (Å²) in [6.45, 7) is 1.87. The molecule has 0 aliphatic heterocycles. The zero-order chi connectivity index (χ0) is 10.7. The number of phenols is 1. The lowest BCUT2D eigenvalue weighted by atomic mass is 10.2. The fraction of sp³-hybridized carbons (Fsp3) is 0.143. The highest BCUT2D eigenvalue weighted by Gasteiger charge is 2.12. The van der Waals surface area contributed by atoms with Gasteiger partial charge in [-0.3, -0.25) is 0 Å². The normalized spacial score (nSPS) is 11.0. The monoisotopic (exact) mass is 198 g/mol. The molecule has 15 heavy (non-hydrogen) atoms. The standard InChI is InChI=1S/C7H8O.C7H6/c1-6-4-2-3-5-7(6)8;1-2-4-7-5-6(7)3-1/h2-5,8H,1H3;1-4H,5H2. The second kappa shape index (κ2) is 4.18. The summed E-state index contributed by atoms with van der Waals surface area (Å²) in [6, 6.07) is 15.8. The number of hydrogen-bond acceptors (Lipinski definition) is 1. The number of phenolic OH excluding ortho intramolecular Hbond substituents is 1. The van der Waals surface area contributed by atoms with Gasteiger partial charge in [-0.1, -0.05) is 42.5 Å². The van der Waals surface area contributed by atoms with E-state index in [1.165, 1.54) is 17.5 Å². The third-order valence-corrected chi connectivity index (χ3v) is 2.49. The van der Waals surface area contributed by atoms with E-state index in [0.29, 0.717) is 5.75 Å². The Kier molecular flexibility index (Phi) is 2.72. The largest absolute Gasteiger partial charge is 0.508 e. The minimum absolute atomic E-state index is 0.368. The van der Waals surface area contributed by atoms with Gasteiger partial charge in [0.1, 0.15) is 5.75 Å². The average molecular weight is 198 g/mol. The Bertz CT molecular complexity index is 418. The average Bonchev–Trinajstić information content (AvgIpc) is 3.02. The van der Waals surface area contributed by atoms with E-state index in [9.17, 15) is 0 Å². The number of para-hydroxylation sites is 1. The fourth-order valence-electron chi connectivity index (χ4n) is 1.40. The van der Waals surface area contributed by atoms with Gasteiger partial charge in [-0.15, -0.1) is 0 Å². The summed E-state index contributed by atoms with van der Waals surface area (Å²) in [5.41, 5.74) is 3.98. The van der Waals surface area contributed by atoms with Crippen molar-refractivity contribution >= 4 is 0 Å². The fourth-order valence-corrected chi connectivity index (χ4v) is 1.40. The molecule has 0 heterocycles. The third kappa shape index (κ3) is 2.59. The van der Waals surface area contributed by atoms with Crippen LogP contribution in [-0.2, 0) is 6.42 Å². The van der Waals surface area contributed by atoms with E-state index >= 15 is 0 Å². The summed E-state index contributed by atoms with van der Waals surface area (Å²) in [6.07, 6.45) is 1.24. The zero-order valence-corrected chi connectivity index (χ0v) is 8.77. The van der Waals surface area contributed by atoms with Gasteiger partial charge in [-0.2, -0.15) is 0 Å². The van der Waals surface area contributed by atoms with Gasteiger partial charge >= 0.3 is 0 Å². The number of rotatable bonds is 0. The van der Waals surface area contributed by atoms with Crippen molar-refractivity contribution in [1.29, 1.82) is 0 Å². The third-order valence-electron chi connectivity index (χ3n) is 2.49. The van der Waals surface area contributed by atoms with Crippen LogP contribution in [-0.4, -0.2) is 5.11 Å². The van der Waals surface area contributed by atoms with Crippen LogP contribution in [0.5, 0.6) is 5.75 Å². The molecule has 0 bridgehead atoms. The summed E-state index contributed by atoms with van der Waals surface area (Å²) < 4.78 is 0. The second-order valence-corrected chi connectivity index (χ2v) is 3.73. The van der Waals surface area contributed by atoms with Gasteiger partial charge in [0.2, 0.25) is 0 Å². The van der Waals surface area contributed by atoms with Crippen LogP contribution >= 0.6 is 0 Å². The van der Waals surface area contributed by atoms with Gasteiger partial charge in [-0.05, 0) is 36.1 Å². The number of benzene rings is 2. The molecule has 0 spiro atoms. The van der Waals surface area contributed by atoms with Crippen molar-refractivity contribution in [3.8, 4) is 5.75 Å². The summed E-state index contributed by atoms with van der Waals surface area (Å²) in [4.78, 5) is 0. The lowest BCUT2D eigenvalue weighted by Crippen LogP contribution is -1.68. The maximum absolute atomic E-state index is 8.92. The molecular weight excluding hydrogens is 184 g/mol. The van der Waals surface area contributed by atoms with Crippen molar-refractivity contribution in [3.05, 3.63) is 65.2 Å². The molecule has 1 N–H and O–H groups in total. The lowest BCUT2D eigenvalue weighted by Gasteiger charge is -1.92. The Morgan fingerprint density at radius 1 is 0.867 bits per heavy atom. The molecule has 0 aromatic heterocycles. The van der Waals surface area contributed by atoms with E-state index in [2.05, 4.69) is 24.3 Å². The minimum Gasteiger partial charge on any atom is -0.508 e. The van der Waals surface area contributed by atoms with E-state index in [4.69, 9.17) is 5.11 Å². The predicted octanol–water partition coefficient (Wildman–Crippen LogP) is 3.29. The Balaban J connectivity index is 0.000000114. The van der Waals surface area contributed by atoms with Crippen LogP contribution in [0.4, 0.5) is 0 Å². The maximum atomic E-state index is 8.92. The topological polar surface area (TPSA) is 20.2 Å². The van der Waals surface area contributed by atoms with Gasteiger partial charge in [0.25, 0.3) is 0 Å². The Morgan fingerprint density at radius 3 is 1.80 bits per heavy atom. The molecule has 1 aliphatic rings. The summed E-state index contributed by atoms with van der Waals surface area (Å²) >= 11 is 0. The molecular formula is C14H14O. The molecule has 0 saturated heterocycles. The molecule has 1 heteroatoms. The first-order valence-electron chi connectivity index (χ1n) is 5.09. The molecule has 1 nitrogen and oxygen atoms in total. The van der Waals surface area contributed by atoms with E-state index in [1.807, 2.05) is 25.1 Å². The van der Waals surface area contributed by atoms with Gasteiger partial charge in [0, 0.05) is 0 Å². The quantitative estimate of drug-likeness (QED) is 0.587. The summed E-state index contributed by atoms with van der Waals surface area (Å²) in [5.74, 6) is 0.368. The lowest BCUT2D eigenvalue weighted by molar-refractivity contribution is 0.471. The van der Waals surface area contributed by atoms with Gasteiger partial charge in [-0.25, -0.2) is 0 Å². The number of aryl methyl sites for hydroxylation is 1. The molecule has 1 aliphatic carbocycles. The van der Waals surface area contributed by atoms with Crippen LogP contribution < -0.4 is 0 Å². The molecule has 0 amide bonds. The highest BCUT2D eigenvalue weighted by atomic mass is 16.3. The van der Waals surface area contributed by atoms with Crippen molar-refractivity contribution in [2.24, 2.45) is 0 Å². The highest BCUT2D eigenvalue weighted by Crippen LogP contribution is 2.25. The highest BCUT2D eigenvalue weighted by molar-refractivity contribution is 5.44. The van der Waals surface area contributed by atoms with Crippen LogP contribution in [0, 0.1) is 6.92 Å². The Hall–Kier alpha value is -1.76. The number of fused-ring (bicyclic) bond motifs is 1. The summed E-state index contributed by atoms with van der Waals surface area (Å²) in [7, 11) is 0. The van der Waals surface area contributed by atoms with Gasteiger partial charge < -0.3 is 5.11 Å². The van der Waals surface area contributed by atoms with E-state index in [-0.39, 0.29) is 0 Å². The Labute approximate surface area is 90.0 Å². The number of aromatic hydroxyl groups is 1. The van der Waals surface area contributed by atoms with Gasteiger partial charge in [0.05, 0.1) is 0 Å². The van der Waals surface area contributed by atoms with Crippen LogP contribution in [0.3, 0.4) is 0 Å². The van der Waals surface area contributed by atoms with Crippen LogP contribution in [0.25, 0.3) is 0 Å².